The molecule has 1 amide bonds. The minimum absolute atomic E-state index is 0.0842. The number of anilines is 1. The Balaban J connectivity index is 1.62. The molecular formula is C19H24N4O. The van der Waals surface area contributed by atoms with Crippen LogP contribution in [0.4, 0.5) is 5.69 Å². The quantitative estimate of drug-likeness (QED) is 0.935. The number of carbonyl (C=O) groups excluding carboxylic acids is 1. The van der Waals surface area contributed by atoms with Gasteiger partial charge in [0.1, 0.15) is 0 Å². The monoisotopic (exact) mass is 324 g/mol. The van der Waals surface area contributed by atoms with Crippen LogP contribution in [0.5, 0.6) is 0 Å². The Labute approximate surface area is 143 Å². The van der Waals surface area contributed by atoms with Crippen LogP contribution in [0.25, 0.3) is 0 Å². The highest BCUT2D eigenvalue weighted by atomic mass is 16.1. The number of nitrogens with one attached hydrogen (secondary N) is 1. The third-order valence-electron chi connectivity index (χ3n) is 4.43. The Morgan fingerprint density at radius 2 is 1.83 bits per heavy atom. The number of likely N-dealkylation sites (N-methyl/N-ethyl adjacent to an activating group) is 1. The molecule has 0 atom stereocenters. The molecule has 0 bridgehead atoms. The lowest BCUT2D eigenvalue weighted by atomic mass is 10.1. The Morgan fingerprint density at radius 1 is 1.12 bits per heavy atom. The van der Waals surface area contributed by atoms with Crippen molar-refractivity contribution in [3.63, 3.8) is 0 Å². The molecule has 5 heteroatoms. The number of hydrogen-bond acceptors (Lipinski definition) is 4. The van der Waals surface area contributed by atoms with Gasteiger partial charge in [-0.1, -0.05) is 29.8 Å². The third kappa shape index (κ3) is 4.11. The first-order valence-electron chi connectivity index (χ1n) is 8.34. The van der Waals surface area contributed by atoms with E-state index >= 15 is 0 Å². The Bertz CT molecular complexity index is 691. The summed E-state index contributed by atoms with van der Waals surface area (Å²) < 4.78 is 0. The number of benzene rings is 1. The van der Waals surface area contributed by atoms with Crippen molar-refractivity contribution in [2.75, 3.05) is 38.1 Å². The van der Waals surface area contributed by atoms with E-state index in [2.05, 4.69) is 46.2 Å². The van der Waals surface area contributed by atoms with Gasteiger partial charge in [0.15, 0.2) is 0 Å². The molecule has 3 rings (SSSR count). The van der Waals surface area contributed by atoms with Crippen LogP contribution < -0.4 is 10.2 Å². The van der Waals surface area contributed by atoms with Gasteiger partial charge in [0.05, 0.1) is 17.4 Å². The van der Waals surface area contributed by atoms with E-state index in [1.165, 1.54) is 5.56 Å². The molecule has 1 fully saturated rings. The van der Waals surface area contributed by atoms with Crippen LogP contribution in [0.3, 0.4) is 0 Å². The molecule has 24 heavy (non-hydrogen) atoms. The van der Waals surface area contributed by atoms with Crippen LogP contribution in [0.15, 0.2) is 42.7 Å². The molecule has 2 aromatic rings. The predicted molar refractivity (Wildman–Crippen MR) is 96.3 cm³/mol. The van der Waals surface area contributed by atoms with Crippen LogP contribution in [0, 0.1) is 6.92 Å². The maximum atomic E-state index is 12.4. The molecular weight excluding hydrogens is 300 g/mol. The van der Waals surface area contributed by atoms with E-state index in [0.717, 1.165) is 37.4 Å². The van der Waals surface area contributed by atoms with Crippen LogP contribution in [-0.2, 0) is 6.54 Å². The number of hydrogen-bond donors (Lipinski definition) is 1. The van der Waals surface area contributed by atoms with Crippen molar-refractivity contribution < 1.29 is 4.79 Å². The van der Waals surface area contributed by atoms with E-state index in [0.29, 0.717) is 12.1 Å². The second-order valence-corrected chi connectivity index (χ2v) is 6.39. The molecule has 1 aromatic heterocycles. The molecule has 1 aliphatic rings. The van der Waals surface area contributed by atoms with E-state index in [4.69, 9.17) is 0 Å². The number of aryl methyl sites for hydroxylation is 1. The molecule has 126 valence electrons. The molecule has 1 saturated heterocycles. The average molecular weight is 324 g/mol. The lowest BCUT2D eigenvalue weighted by Gasteiger charge is -2.33. The zero-order valence-corrected chi connectivity index (χ0v) is 14.3. The molecule has 0 spiro atoms. The summed E-state index contributed by atoms with van der Waals surface area (Å²) in [6, 6.07) is 10.1. The first-order valence-corrected chi connectivity index (χ1v) is 8.34. The highest BCUT2D eigenvalue weighted by molar-refractivity contribution is 5.94. The van der Waals surface area contributed by atoms with Crippen molar-refractivity contribution in [3.05, 3.63) is 59.4 Å². The summed E-state index contributed by atoms with van der Waals surface area (Å²) in [7, 11) is 2.13. The molecule has 5 nitrogen and oxygen atoms in total. The fourth-order valence-corrected chi connectivity index (χ4v) is 2.78. The summed E-state index contributed by atoms with van der Waals surface area (Å²) in [5.74, 6) is -0.0842. The van der Waals surface area contributed by atoms with E-state index in [1.54, 1.807) is 6.20 Å². The third-order valence-corrected chi connectivity index (χ3v) is 4.43. The first-order chi connectivity index (χ1) is 11.6. The molecule has 0 aliphatic carbocycles. The van der Waals surface area contributed by atoms with Gasteiger partial charge in [-0.3, -0.25) is 9.78 Å². The lowest BCUT2D eigenvalue weighted by Crippen LogP contribution is -2.44. The van der Waals surface area contributed by atoms with Gasteiger partial charge in [0.25, 0.3) is 5.91 Å². The molecule has 0 unspecified atom stereocenters. The first kappa shape index (κ1) is 16.5. The van der Waals surface area contributed by atoms with Gasteiger partial charge in [0, 0.05) is 38.9 Å². The van der Waals surface area contributed by atoms with Crippen molar-refractivity contribution in [2.45, 2.75) is 13.5 Å². The second-order valence-electron chi connectivity index (χ2n) is 6.39. The number of pyridine rings is 1. The molecule has 1 aromatic carbocycles. The Morgan fingerprint density at radius 3 is 2.54 bits per heavy atom. The summed E-state index contributed by atoms with van der Waals surface area (Å²) in [6.45, 7) is 6.57. The van der Waals surface area contributed by atoms with E-state index in [-0.39, 0.29) is 5.91 Å². The minimum Gasteiger partial charge on any atom is -0.368 e. The highest BCUT2D eigenvalue weighted by Gasteiger charge is 2.16. The topological polar surface area (TPSA) is 48.5 Å². The normalized spacial score (nSPS) is 15.3. The van der Waals surface area contributed by atoms with Gasteiger partial charge < -0.3 is 15.1 Å². The zero-order chi connectivity index (χ0) is 16.9. The van der Waals surface area contributed by atoms with Crippen molar-refractivity contribution in [1.82, 2.24) is 15.2 Å². The van der Waals surface area contributed by atoms with Gasteiger partial charge in [-0.15, -0.1) is 0 Å². The number of amides is 1. The predicted octanol–water partition coefficient (Wildman–Crippen LogP) is 2.07. The van der Waals surface area contributed by atoms with Crippen LogP contribution in [0.2, 0.25) is 0 Å². The molecule has 1 N–H and O–H groups in total. The fraction of sp³-hybridized carbons (Fsp3) is 0.368. The number of aromatic nitrogens is 1. The number of rotatable bonds is 4. The zero-order valence-electron chi connectivity index (χ0n) is 14.3. The summed E-state index contributed by atoms with van der Waals surface area (Å²) in [5, 5.41) is 2.97. The molecule has 2 heterocycles. The van der Waals surface area contributed by atoms with Gasteiger partial charge in [-0.25, -0.2) is 0 Å². The smallest absolute Gasteiger partial charge is 0.253 e. The van der Waals surface area contributed by atoms with E-state index < -0.39 is 0 Å². The maximum Gasteiger partial charge on any atom is 0.253 e. The highest BCUT2D eigenvalue weighted by Crippen LogP contribution is 2.16. The largest absolute Gasteiger partial charge is 0.368 e. The van der Waals surface area contributed by atoms with Crippen molar-refractivity contribution in [3.8, 4) is 0 Å². The van der Waals surface area contributed by atoms with Crippen molar-refractivity contribution >= 4 is 11.6 Å². The molecule has 0 saturated carbocycles. The van der Waals surface area contributed by atoms with Crippen LogP contribution >= 0.6 is 0 Å². The Kier molecular flexibility index (Phi) is 5.11. The van der Waals surface area contributed by atoms with E-state index in [9.17, 15) is 4.79 Å². The summed E-state index contributed by atoms with van der Waals surface area (Å²) in [6.07, 6.45) is 3.46. The summed E-state index contributed by atoms with van der Waals surface area (Å²) in [4.78, 5) is 21.2. The molecule has 1 aliphatic heterocycles. The van der Waals surface area contributed by atoms with Gasteiger partial charge in [0.2, 0.25) is 0 Å². The minimum atomic E-state index is -0.0842. The van der Waals surface area contributed by atoms with Crippen LogP contribution in [-0.4, -0.2) is 49.0 Å². The lowest BCUT2D eigenvalue weighted by molar-refractivity contribution is 0.0950. The number of carbonyl (C=O) groups is 1. The van der Waals surface area contributed by atoms with E-state index in [1.807, 2.05) is 24.4 Å². The SMILES string of the molecule is Cc1ccc(CNC(=O)c2cncc(N3CCN(C)CC3)c2)cc1. The second kappa shape index (κ2) is 7.45. The van der Waals surface area contributed by atoms with Gasteiger partial charge in [-0.2, -0.15) is 0 Å². The maximum absolute atomic E-state index is 12.4. The molecule has 0 radical (unpaired) electrons. The standard InChI is InChI=1S/C19H24N4O/c1-15-3-5-16(6-4-15)12-21-19(24)17-11-18(14-20-13-17)23-9-7-22(2)8-10-23/h3-6,11,13-14H,7-10,12H2,1-2H3,(H,21,24). The van der Waals surface area contributed by atoms with Gasteiger partial charge in [-0.05, 0) is 25.6 Å². The van der Waals surface area contributed by atoms with Gasteiger partial charge >= 0.3 is 0 Å². The summed E-state index contributed by atoms with van der Waals surface area (Å²) in [5.41, 5.74) is 3.94. The Hall–Kier alpha value is -2.40. The number of piperazine rings is 1. The number of nitrogens with zero attached hydrogens (tertiary/aromatic N) is 3. The summed E-state index contributed by atoms with van der Waals surface area (Å²) >= 11 is 0. The van der Waals surface area contributed by atoms with Crippen LogP contribution in [0.1, 0.15) is 21.5 Å². The average Bonchev–Trinajstić information content (AvgIpc) is 2.62. The van der Waals surface area contributed by atoms with Crippen molar-refractivity contribution in [1.29, 1.82) is 0 Å². The fourth-order valence-electron chi connectivity index (χ4n) is 2.78. The van der Waals surface area contributed by atoms with Crippen molar-refractivity contribution in [2.24, 2.45) is 0 Å².